The van der Waals surface area contributed by atoms with E-state index in [0.29, 0.717) is 5.69 Å². The first kappa shape index (κ1) is 14.4. The fourth-order valence-corrected chi connectivity index (χ4v) is 2.76. The van der Waals surface area contributed by atoms with E-state index < -0.39 is 17.9 Å². The number of nitrogens with zero attached hydrogens (tertiary/aromatic N) is 1. The number of hydrogen-bond acceptors (Lipinski definition) is 4. The lowest BCUT2D eigenvalue weighted by molar-refractivity contribution is -0.141. The highest BCUT2D eigenvalue weighted by Gasteiger charge is 2.27. The molecule has 0 fully saturated rings. The molecule has 1 aromatic carbocycles. The molecular formula is C13H14N2O4S. The summed E-state index contributed by atoms with van der Waals surface area (Å²) < 4.78 is 0. The molecule has 0 aromatic heterocycles. The molecule has 1 aromatic rings. The first-order valence-corrected chi connectivity index (χ1v) is 7.02. The molecule has 106 valence electrons. The average molecular weight is 294 g/mol. The van der Waals surface area contributed by atoms with E-state index in [1.807, 2.05) is 12.1 Å². The lowest BCUT2D eigenvalue weighted by Crippen LogP contribution is -2.47. The van der Waals surface area contributed by atoms with Crippen LogP contribution in [0.25, 0.3) is 0 Å². The topological polar surface area (TPSA) is 86.7 Å². The van der Waals surface area contributed by atoms with Crippen molar-refractivity contribution in [3.05, 3.63) is 24.3 Å². The van der Waals surface area contributed by atoms with Crippen LogP contribution in [0.15, 0.2) is 29.2 Å². The minimum Gasteiger partial charge on any atom is -0.480 e. The minimum absolute atomic E-state index is 0.160. The number of anilines is 1. The smallest absolute Gasteiger partial charge is 0.325 e. The second-order valence-electron chi connectivity index (χ2n) is 4.36. The van der Waals surface area contributed by atoms with Crippen LogP contribution in [0.5, 0.6) is 0 Å². The summed E-state index contributed by atoms with van der Waals surface area (Å²) in [5.74, 6) is -1.49. The quantitative estimate of drug-likeness (QED) is 0.854. The number of aliphatic carboxylic acids is 1. The fraction of sp³-hybridized carbons (Fsp3) is 0.308. The zero-order valence-electron chi connectivity index (χ0n) is 10.8. The van der Waals surface area contributed by atoms with Gasteiger partial charge in [-0.15, -0.1) is 11.8 Å². The van der Waals surface area contributed by atoms with Gasteiger partial charge >= 0.3 is 5.97 Å². The zero-order chi connectivity index (χ0) is 14.7. The van der Waals surface area contributed by atoms with Crippen LogP contribution in [0.4, 0.5) is 5.69 Å². The van der Waals surface area contributed by atoms with E-state index in [9.17, 15) is 14.4 Å². The van der Waals surface area contributed by atoms with Gasteiger partial charge in [0.2, 0.25) is 11.8 Å². The Morgan fingerprint density at radius 3 is 2.85 bits per heavy atom. The van der Waals surface area contributed by atoms with Crippen molar-refractivity contribution in [1.82, 2.24) is 5.32 Å². The van der Waals surface area contributed by atoms with Gasteiger partial charge in [-0.25, -0.2) is 0 Å². The van der Waals surface area contributed by atoms with Crippen LogP contribution in [0.3, 0.4) is 0 Å². The summed E-state index contributed by atoms with van der Waals surface area (Å²) in [6, 6.07) is 6.34. The van der Waals surface area contributed by atoms with Crippen molar-refractivity contribution >= 4 is 35.2 Å². The molecule has 1 atom stereocenters. The molecule has 2 rings (SSSR count). The SMILES string of the molecule is CC(NC(=O)CN1C(=O)CSc2ccccc21)C(=O)O. The van der Waals surface area contributed by atoms with Crippen molar-refractivity contribution < 1.29 is 19.5 Å². The Labute approximate surface area is 120 Å². The number of rotatable bonds is 4. The number of thioether (sulfide) groups is 1. The maximum Gasteiger partial charge on any atom is 0.325 e. The number of para-hydroxylation sites is 1. The molecule has 7 heteroatoms. The number of amides is 2. The molecule has 1 aliphatic heterocycles. The maximum absolute atomic E-state index is 11.9. The standard InChI is InChI=1S/C13H14N2O4S/c1-8(13(18)19)14-11(16)6-15-9-4-2-3-5-10(9)20-7-12(15)17/h2-5,8H,6-7H2,1H3,(H,14,16)(H,18,19). The van der Waals surface area contributed by atoms with Gasteiger partial charge in [0.25, 0.3) is 0 Å². The number of carboxylic acids is 1. The van der Waals surface area contributed by atoms with Crippen molar-refractivity contribution in [1.29, 1.82) is 0 Å². The van der Waals surface area contributed by atoms with Crippen molar-refractivity contribution in [3.63, 3.8) is 0 Å². The van der Waals surface area contributed by atoms with Crippen molar-refractivity contribution in [2.24, 2.45) is 0 Å². The summed E-state index contributed by atoms with van der Waals surface area (Å²) in [5.41, 5.74) is 0.687. The lowest BCUT2D eigenvalue weighted by atomic mass is 10.2. The van der Waals surface area contributed by atoms with Gasteiger partial charge in [0, 0.05) is 4.90 Å². The summed E-state index contributed by atoms with van der Waals surface area (Å²) in [5, 5.41) is 11.1. The second-order valence-corrected chi connectivity index (χ2v) is 5.38. The van der Waals surface area contributed by atoms with Gasteiger partial charge in [-0.3, -0.25) is 14.4 Å². The Bertz CT molecular complexity index is 561. The van der Waals surface area contributed by atoms with Crippen LogP contribution in [-0.2, 0) is 14.4 Å². The molecule has 1 heterocycles. The Hall–Kier alpha value is -2.02. The van der Waals surface area contributed by atoms with Crippen LogP contribution in [-0.4, -0.2) is 41.2 Å². The molecule has 6 nitrogen and oxygen atoms in total. The molecule has 2 amide bonds. The van der Waals surface area contributed by atoms with Crippen molar-refractivity contribution in [2.45, 2.75) is 17.9 Å². The third-order valence-corrected chi connectivity index (χ3v) is 3.91. The van der Waals surface area contributed by atoms with E-state index in [1.54, 1.807) is 12.1 Å². The number of fused-ring (bicyclic) bond motifs is 1. The Morgan fingerprint density at radius 2 is 2.15 bits per heavy atom. The molecule has 0 saturated heterocycles. The molecule has 2 N–H and O–H groups in total. The van der Waals surface area contributed by atoms with E-state index in [-0.39, 0.29) is 18.2 Å². The minimum atomic E-state index is -1.11. The number of carbonyl (C=O) groups excluding carboxylic acids is 2. The van der Waals surface area contributed by atoms with Crippen molar-refractivity contribution in [3.8, 4) is 0 Å². The van der Waals surface area contributed by atoms with E-state index in [2.05, 4.69) is 5.32 Å². The highest BCUT2D eigenvalue weighted by atomic mass is 32.2. The highest BCUT2D eigenvalue weighted by molar-refractivity contribution is 8.00. The fourth-order valence-electron chi connectivity index (χ4n) is 1.82. The van der Waals surface area contributed by atoms with Crippen LogP contribution >= 0.6 is 11.8 Å². The van der Waals surface area contributed by atoms with Gasteiger partial charge in [0.15, 0.2) is 0 Å². The maximum atomic E-state index is 11.9. The van der Waals surface area contributed by atoms with E-state index >= 15 is 0 Å². The summed E-state index contributed by atoms with van der Waals surface area (Å²) in [7, 11) is 0. The van der Waals surface area contributed by atoms with E-state index in [4.69, 9.17) is 5.11 Å². The first-order valence-electron chi connectivity index (χ1n) is 6.03. The summed E-state index contributed by atoms with van der Waals surface area (Å²) >= 11 is 1.43. The second kappa shape index (κ2) is 5.96. The molecular weight excluding hydrogens is 280 g/mol. The lowest BCUT2D eigenvalue weighted by Gasteiger charge is -2.28. The third-order valence-electron chi connectivity index (χ3n) is 2.86. The van der Waals surface area contributed by atoms with Gasteiger partial charge in [-0.2, -0.15) is 0 Å². The molecule has 0 spiro atoms. The van der Waals surface area contributed by atoms with Crippen LogP contribution in [0.1, 0.15) is 6.92 Å². The molecule has 20 heavy (non-hydrogen) atoms. The summed E-state index contributed by atoms with van der Waals surface area (Å²) in [6.45, 7) is 1.20. The molecule has 0 bridgehead atoms. The van der Waals surface area contributed by atoms with Crippen LogP contribution < -0.4 is 10.2 Å². The number of carboxylic acid groups (broad SMARTS) is 1. The summed E-state index contributed by atoms with van der Waals surface area (Å²) in [6.07, 6.45) is 0. The van der Waals surface area contributed by atoms with Crippen LogP contribution in [0.2, 0.25) is 0 Å². The average Bonchev–Trinajstić information content (AvgIpc) is 2.42. The zero-order valence-corrected chi connectivity index (χ0v) is 11.6. The Morgan fingerprint density at radius 1 is 1.45 bits per heavy atom. The van der Waals surface area contributed by atoms with Crippen LogP contribution in [0, 0.1) is 0 Å². The number of hydrogen-bond donors (Lipinski definition) is 2. The van der Waals surface area contributed by atoms with Gasteiger partial charge in [0.1, 0.15) is 12.6 Å². The highest BCUT2D eigenvalue weighted by Crippen LogP contribution is 2.34. The van der Waals surface area contributed by atoms with Gasteiger partial charge < -0.3 is 15.3 Å². The third kappa shape index (κ3) is 3.11. The first-order chi connectivity index (χ1) is 9.49. The molecule has 1 unspecified atom stereocenters. The predicted octanol–water partition coefficient (Wildman–Crippen LogP) is 0.715. The van der Waals surface area contributed by atoms with Crippen molar-refractivity contribution in [2.75, 3.05) is 17.2 Å². The molecule has 0 aliphatic carbocycles. The summed E-state index contributed by atoms with van der Waals surface area (Å²) in [4.78, 5) is 36.7. The van der Waals surface area contributed by atoms with E-state index in [0.717, 1.165) is 4.90 Å². The number of carbonyl (C=O) groups is 3. The van der Waals surface area contributed by atoms with Gasteiger partial charge in [-0.05, 0) is 19.1 Å². The predicted molar refractivity (Wildman–Crippen MR) is 74.8 cm³/mol. The number of nitrogens with one attached hydrogen (secondary N) is 1. The Kier molecular flexibility index (Phi) is 4.29. The van der Waals surface area contributed by atoms with E-state index in [1.165, 1.54) is 23.6 Å². The molecule has 1 aliphatic rings. The Balaban J connectivity index is 2.11. The van der Waals surface area contributed by atoms with Gasteiger partial charge in [-0.1, -0.05) is 12.1 Å². The largest absolute Gasteiger partial charge is 0.480 e. The molecule has 0 saturated carbocycles. The van der Waals surface area contributed by atoms with Gasteiger partial charge in [0.05, 0.1) is 11.4 Å². The normalized spacial score (nSPS) is 15.4. The molecule has 0 radical (unpaired) electrons. The number of benzene rings is 1. The monoisotopic (exact) mass is 294 g/mol.